The minimum absolute atomic E-state index is 0.270. The molecule has 0 saturated carbocycles. The Morgan fingerprint density at radius 1 is 1.40 bits per heavy atom. The van der Waals surface area contributed by atoms with Gasteiger partial charge < -0.3 is 15.0 Å². The summed E-state index contributed by atoms with van der Waals surface area (Å²) in [5, 5.41) is 0. The summed E-state index contributed by atoms with van der Waals surface area (Å²) >= 11 is 5.04. The van der Waals surface area contributed by atoms with Crippen LogP contribution in [0.1, 0.15) is 25.1 Å². The van der Waals surface area contributed by atoms with Crippen LogP contribution in [0, 0.1) is 0 Å². The second kappa shape index (κ2) is 5.89. The Hall–Kier alpha value is -1.46. The molecular weight excluding hydrogens is 270 g/mol. The minimum Gasteiger partial charge on any atom is -0.393 e. The minimum atomic E-state index is 0.270. The summed E-state index contributed by atoms with van der Waals surface area (Å²) in [6.45, 7) is 1.69. The lowest BCUT2D eigenvalue weighted by molar-refractivity contribution is 0.00626. The summed E-state index contributed by atoms with van der Waals surface area (Å²) in [4.78, 5) is 5.14. The number of thiocarbonyl (C=S) groups is 1. The second-order valence-corrected chi connectivity index (χ2v) is 5.78. The summed E-state index contributed by atoms with van der Waals surface area (Å²) in [6.07, 6.45) is 4.32. The summed E-state index contributed by atoms with van der Waals surface area (Å²) in [5.74, 6) is 0.938. The third-order valence-electron chi connectivity index (χ3n) is 3.73. The van der Waals surface area contributed by atoms with Gasteiger partial charge in [0.05, 0.1) is 35.1 Å². The molecule has 106 valence electrons. The van der Waals surface area contributed by atoms with Gasteiger partial charge in [0.25, 0.3) is 0 Å². The smallest absolute Gasteiger partial charge is 0.116 e. The monoisotopic (exact) mass is 289 g/mol. The molecule has 4 nitrogen and oxygen atoms in total. The zero-order valence-electron chi connectivity index (χ0n) is 11.4. The average Bonchev–Trinajstić information content (AvgIpc) is 2.77. The topological polar surface area (TPSA) is 53.1 Å². The Morgan fingerprint density at radius 3 is 3.00 bits per heavy atom. The summed E-state index contributed by atoms with van der Waals surface area (Å²) in [7, 11) is 0. The number of hydrogen-bond acceptors (Lipinski definition) is 3. The predicted octanol–water partition coefficient (Wildman–Crippen LogP) is 2.43. The highest BCUT2D eigenvalue weighted by Gasteiger charge is 2.18. The van der Waals surface area contributed by atoms with Gasteiger partial charge >= 0.3 is 0 Å². The number of hydrogen-bond donors (Lipinski definition) is 1. The standard InChI is InChI=1S/C15H19N3OS/c16-14(20)9-15-17-12-6-1-2-7-13(12)18(15)10-11-5-3-4-8-19-11/h1-2,6-7,11H,3-5,8-10H2,(H2,16,20). The maximum absolute atomic E-state index is 5.85. The lowest BCUT2D eigenvalue weighted by Crippen LogP contribution is -2.26. The van der Waals surface area contributed by atoms with E-state index < -0.39 is 0 Å². The maximum atomic E-state index is 5.85. The molecule has 2 aromatic rings. The summed E-state index contributed by atoms with van der Waals surface area (Å²) < 4.78 is 8.06. The summed E-state index contributed by atoms with van der Waals surface area (Å²) in [6, 6.07) is 8.15. The number of aromatic nitrogens is 2. The van der Waals surface area contributed by atoms with Gasteiger partial charge in [0.2, 0.25) is 0 Å². The molecule has 0 amide bonds. The van der Waals surface area contributed by atoms with Crippen LogP contribution in [0.15, 0.2) is 24.3 Å². The van der Waals surface area contributed by atoms with Gasteiger partial charge in [-0.25, -0.2) is 4.98 Å². The molecule has 0 bridgehead atoms. The van der Waals surface area contributed by atoms with Gasteiger partial charge in [0.15, 0.2) is 0 Å². The lowest BCUT2D eigenvalue weighted by Gasteiger charge is -2.24. The molecule has 0 spiro atoms. The molecule has 1 aliphatic rings. The van der Waals surface area contributed by atoms with Crippen molar-refractivity contribution in [3.63, 3.8) is 0 Å². The Bertz CT molecular complexity index is 617. The van der Waals surface area contributed by atoms with E-state index in [1.54, 1.807) is 0 Å². The van der Waals surface area contributed by atoms with Crippen molar-refractivity contribution in [2.24, 2.45) is 5.73 Å². The lowest BCUT2D eigenvalue weighted by atomic mass is 10.1. The highest BCUT2D eigenvalue weighted by molar-refractivity contribution is 7.80. The number of fused-ring (bicyclic) bond motifs is 1. The van der Waals surface area contributed by atoms with Crippen molar-refractivity contribution in [1.82, 2.24) is 9.55 Å². The van der Waals surface area contributed by atoms with E-state index in [2.05, 4.69) is 15.6 Å². The van der Waals surface area contributed by atoms with Gasteiger partial charge in [0, 0.05) is 6.61 Å². The molecule has 1 fully saturated rings. The Kier molecular flexibility index (Phi) is 3.98. The molecule has 1 saturated heterocycles. The number of imidazole rings is 1. The van der Waals surface area contributed by atoms with Crippen LogP contribution in [0.2, 0.25) is 0 Å². The van der Waals surface area contributed by atoms with Crippen LogP contribution < -0.4 is 5.73 Å². The van der Waals surface area contributed by atoms with Gasteiger partial charge in [-0.1, -0.05) is 24.4 Å². The van der Waals surface area contributed by atoms with Crippen molar-refractivity contribution in [3.8, 4) is 0 Å². The predicted molar refractivity (Wildman–Crippen MR) is 83.8 cm³/mol. The molecule has 0 radical (unpaired) electrons. The SMILES string of the molecule is NC(=S)Cc1nc2ccccc2n1CC1CCCCO1. The van der Waals surface area contributed by atoms with Gasteiger partial charge in [0.1, 0.15) is 5.82 Å². The molecule has 0 aliphatic carbocycles. The third kappa shape index (κ3) is 2.83. The molecule has 1 aromatic carbocycles. The van der Waals surface area contributed by atoms with Crippen molar-refractivity contribution in [3.05, 3.63) is 30.1 Å². The van der Waals surface area contributed by atoms with Crippen LogP contribution >= 0.6 is 12.2 Å². The maximum Gasteiger partial charge on any atom is 0.116 e. The Balaban J connectivity index is 1.94. The highest BCUT2D eigenvalue weighted by atomic mass is 32.1. The molecule has 1 atom stereocenters. The fourth-order valence-electron chi connectivity index (χ4n) is 2.77. The van der Waals surface area contributed by atoms with Crippen LogP contribution in [-0.2, 0) is 17.7 Å². The van der Waals surface area contributed by atoms with Crippen molar-refractivity contribution >= 4 is 28.2 Å². The number of ether oxygens (including phenoxy) is 1. The quantitative estimate of drug-likeness (QED) is 0.878. The first-order chi connectivity index (χ1) is 9.74. The molecule has 1 aromatic heterocycles. The molecule has 3 rings (SSSR count). The van der Waals surface area contributed by atoms with E-state index in [4.69, 9.17) is 22.7 Å². The molecule has 20 heavy (non-hydrogen) atoms. The van der Waals surface area contributed by atoms with Crippen molar-refractivity contribution in [2.75, 3.05) is 6.61 Å². The van der Waals surface area contributed by atoms with Gasteiger partial charge in [-0.3, -0.25) is 0 Å². The molecule has 2 N–H and O–H groups in total. The van der Waals surface area contributed by atoms with Gasteiger partial charge in [-0.2, -0.15) is 0 Å². The Morgan fingerprint density at radius 2 is 2.25 bits per heavy atom. The van der Waals surface area contributed by atoms with E-state index in [0.29, 0.717) is 11.4 Å². The Labute approximate surface area is 123 Å². The molecule has 1 aliphatic heterocycles. The van der Waals surface area contributed by atoms with E-state index in [0.717, 1.165) is 36.4 Å². The van der Waals surface area contributed by atoms with Crippen LogP contribution in [-0.4, -0.2) is 27.3 Å². The van der Waals surface area contributed by atoms with Crippen molar-refractivity contribution in [2.45, 2.75) is 38.3 Å². The summed E-state index contributed by atoms with van der Waals surface area (Å²) in [5.41, 5.74) is 7.82. The third-order valence-corrected chi connectivity index (χ3v) is 3.87. The number of nitrogens with zero attached hydrogens (tertiary/aromatic N) is 2. The first kappa shape index (κ1) is 13.5. The van der Waals surface area contributed by atoms with E-state index in [-0.39, 0.29) is 6.10 Å². The second-order valence-electron chi connectivity index (χ2n) is 5.26. The first-order valence-corrected chi connectivity index (χ1v) is 7.49. The van der Waals surface area contributed by atoms with E-state index in [9.17, 15) is 0 Å². The van der Waals surface area contributed by atoms with E-state index >= 15 is 0 Å². The zero-order chi connectivity index (χ0) is 13.9. The number of rotatable bonds is 4. The normalized spacial score (nSPS) is 19.3. The van der Waals surface area contributed by atoms with E-state index in [1.165, 1.54) is 12.8 Å². The van der Waals surface area contributed by atoms with Crippen molar-refractivity contribution in [1.29, 1.82) is 0 Å². The molecule has 1 unspecified atom stereocenters. The number of benzene rings is 1. The fraction of sp³-hybridized carbons (Fsp3) is 0.467. The number of nitrogens with two attached hydrogens (primary N) is 1. The molecule has 5 heteroatoms. The van der Waals surface area contributed by atoms with Crippen molar-refractivity contribution < 1.29 is 4.74 Å². The zero-order valence-corrected chi connectivity index (χ0v) is 12.2. The molecule has 2 heterocycles. The van der Waals surface area contributed by atoms with Crippen LogP contribution in [0.5, 0.6) is 0 Å². The van der Waals surface area contributed by atoms with E-state index in [1.807, 2.05) is 18.2 Å². The number of para-hydroxylation sites is 2. The average molecular weight is 289 g/mol. The van der Waals surface area contributed by atoms with Crippen LogP contribution in [0.4, 0.5) is 0 Å². The fourth-order valence-corrected chi connectivity index (χ4v) is 2.90. The van der Waals surface area contributed by atoms with Gasteiger partial charge in [-0.15, -0.1) is 0 Å². The van der Waals surface area contributed by atoms with Crippen LogP contribution in [0.3, 0.4) is 0 Å². The highest BCUT2D eigenvalue weighted by Crippen LogP contribution is 2.21. The largest absolute Gasteiger partial charge is 0.393 e. The van der Waals surface area contributed by atoms with Crippen LogP contribution in [0.25, 0.3) is 11.0 Å². The molecular formula is C15H19N3OS. The first-order valence-electron chi connectivity index (χ1n) is 7.08. The van der Waals surface area contributed by atoms with Gasteiger partial charge in [-0.05, 0) is 31.4 Å².